The van der Waals surface area contributed by atoms with E-state index in [1.165, 1.54) is 19.3 Å². The summed E-state index contributed by atoms with van der Waals surface area (Å²) in [7, 11) is 0. The SMILES string of the molecule is CC(C)OCCC1CC(C(C)C)CCC1Cl. The third-order valence-electron chi connectivity index (χ3n) is 3.81. The van der Waals surface area contributed by atoms with Crippen LogP contribution >= 0.6 is 11.6 Å². The number of rotatable bonds is 5. The van der Waals surface area contributed by atoms with Gasteiger partial charge in [-0.2, -0.15) is 0 Å². The van der Waals surface area contributed by atoms with E-state index in [0.29, 0.717) is 17.4 Å². The Bertz CT molecular complexity index is 191. The van der Waals surface area contributed by atoms with Crippen molar-refractivity contribution in [3.63, 3.8) is 0 Å². The summed E-state index contributed by atoms with van der Waals surface area (Å²) in [6.45, 7) is 9.73. The van der Waals surface area contributed by atoms with Gasteiger partial charge in [-0.3, -0.25) is 0 Å². The lowest BCUT2D eigenvalue weighted by atomic mass is 9.75. The summed E-state index contributed by atoms with van der Waals surface area (Å²) >= 11 is 6.41. The molecule has 16 heavy (non-hydrogen) atoms. The van der Waals surface area contributed by atoms with Crippen molar-refractivity contribution < 1.29 is 4.74 Å². The second-order valence-corrected chi connectivity index (χ2v) is 6.36. The van der Waals surface area contributed by atoms with Crippen LogP contribution in [0, 0.1) is 17.8 Å². The molecule has 0 amide bonds. The summed E-state index contributed by atoms with van der Waals surface area (Å²) in [6, 6.07) is 0. The quantitative estimate of drug-likeness (QED) is 0.650. The Kier molecular flexibility index (Phi) is 6.13. The molecular formula is C14H27ClO. The molecule has 1 rings (SSSR count). The molecule has 1 aliphatic carbocycles. The highest BCUT2D eigenvalue weighted by Gasteiger charge is 2.30. The van der Waals surface area contributed by atoms with E-state index in [0.717, 1.165) is 24.9 Å². The molecule has 3 unspecified atom stereocenters. The van der Waals surface area contributed by atoms with Crippen LogP contribution in [-0.2, 0) is 4.74 Å². The minimum absolute atomic E-state index is 0.346. The van der Waals surface area contributed by atoms with Crippen molar-refractivity contribution in [1.82, 2.24) is 0 Å². The van der Waals surface area contributed by atoms with Gasteiger partial charge in [0, 0.05) is 12.0 Å². The minimum atomic E-state index is 0.346. The van der Waals surface area contributed by atoms with Gasteiger partial charge in [0.15, 0.2) is 0 Å². The van der Waals surface area contributed by atoms with Crippen molar-refractivity contribution in [1.29, 1.82) is 0 Å². The molecule has 1 nitrogen and oxygen atoms in total. The summed E-state index contributed by atoms with van der Waals surface area (Å²) in [5.41, 5.74) is 0. The first-order valence-electron chi connectivity index (χ1n) is 6.76. The molecule has 1 saturated carbocycles. The lowest BCUT2D eigenvalue weighted by Crippen LogP contribution is -2.29. The first-order chi connectivity index (χ1) is 7.50. The Hall–Kier alpha value is 0.250. The molecule has 0 bridgehead atoms. The van der Waals surface area contributed by atoms with Crippen molar-refractivity contribution in [3.05, 3.63) is 0 Å². The molecule has 0 aromatic carbocycles. The lowest BCUT2D eigenvalue weighted by Gasteiger charge is -2.35. The molecule has 0 aromatic heterocycles. The van der Waals surface area contributed by atoms with Gasteiger partial charge in [-0.15, -0.1) is 11.6 Å². The first-order valence-corrected chi connectivity index (χ1v) is 7.20. The maximum atomic E-state index is 6.41. The zero-order valence-corrected chi connectivity index (χ0v) is 12.0. The van der Waals surface area contributed by atoms with E-state index in [-0.39, 0.29) is 0 Å². The molecule has 0 saturated heterocycles. The van der Waals surface area contributed by atoms with Gasteiger partial charge >= 0.3 is 0 Å². The largest absolute Gasteiger partial charge is 0.379 e. The maximum absolute atomic E-state index is 6.41. The molecular weight excluding hydrogens is 220 g/mol. The normalized spacial score (nSPS) is 31.3. The summed E-state index contributed by atoms with van der Waals surface area (Å²) in [5.74, 6) is 2.35. The molecule has 0 aliphatic heterocycles. The van der Waals surface area contributed by atoms with Gasteiger partial charge < -0.3 is 4.74 Å². The number of alkyl halides is 1. The zero-order valence-electron chi connectivity index (χ0n) is 11.2. The minimum Gasteiger partial charge on any atom is -0.379 e. The van der Waals surface area contributed by atoms with Crippen molar-refractivity contribution in [3.8, 4) is 0 Å². The smallest absolute Gasteiger partial charge is 0.0518 e. The van der Waals surface area contributed by atoms with Crippen LogP contribution < -0.4 is 0 Å². The Morgan fingerprint density at radius 3 is 2.44 bits per heavy atom. The Balaban J connectivity index is 2.32. The standard InChI is InChI=1S/C14H27ClO/c1-10(2)12-5-6-14(15)13(9-12)7-8-16-11(3)4/h10-14H,5-9H2,1-4H3. The molecule has 1 aliphatic rings. The highest BCUT2D eigenvalue weighted by atomic mass is 35.5. The molecule has 1 fully saturated rings. The van der Waals surface area contributed by atoms with Gasteiger partial charge in [0.1, 0.15) is 0 Å². The second-order valence-electron chi connectivity index (χ2n) is 5.80. The van der Waals surface area contributed by atoms with E-state index in [4.69, 9.17) is 16.3 Å². The highest BCUT2D eigenvalue weighted by molar-refractivity contribution is 6.20. The van der Waals surface area contributed by atoms with Crippen LogP contribution in [0.25, 0.3) is 0 Å². The van der Waals surface area contributed by atoms with Crippen molar-refractivity contribution in [2.24, 2.45) is 17.8 Å². The third kappa shape index (κ3) is 4.63. The molecule has 0 aromatic rings. The van der Waals surface area contributed by atoms with Crippen molar-refractivity contribution in [2.45, 2.75) is 64.9 Å². The fourth-order valence-electron chi connectivity index (χ4n) is 2.62. The first kappa shape index (κ1) is 14.3. The predicted octanol–water partition coefficient (Wildman–Crippen LogP) is 4.48. The van der Waals surface area contributed by atoms with E-state index < -0.39 is 0 Å². The molecule has 96 valence electrons. The van der Waals surface area contributed by atoms with Gasteiger partial charge in [-0.05, 0) is 57.3 Å². The predicted molar refractivity (Wildman–Crippen MR) is 71.0 cm³/mol. The number of hydrogen-bond acceptors (Lipinski definition) is 1. The number of hydrogen-bond donors (Lipinski definition) is 0. The highest BCUT2D eigenvalue weighted by Crippen LogP contribution is 2.38. The van der Waals surface area contributed by atoms with Crippen LogP contribution in [0.5, 0.6) is 0 Å². The summed E-state index contributed by atoms with van der Waals surface area (Å²) < 4.78 is 5.63. The van der Waals surface area contributed by atoms with Gasteiger partial charge in [0.05, 0.1) is 6.10 Å². The van der Waals surface area contributed by atoms with Gasteiger partial charge in [-0.1, -0.05) is 13.8 Å². The van der Waals surface area contributed by atoms with Gasteiger partial charge in [0.2, 0.25) is 0 Å². The van der Waals surface area contributed by atoms with Crippen LogP contribution in [0.3, 0.4) is 0 Å². The molecule has 3 atom stereocenters. The van der Waals surface area contributed by atoms with Gasteiger partial charge in [0.25, 0.3) is 0 Å². The molecule has 0 heterocycles. The third-order valence-corrected chi connectivity index (χ3v) is 4.39. The van der Waals surface area contributed by atoms with Gasteiger partial charge in [-0.25, -0.2) is 0 Å². The maximum Gasteiger partial charge on any atom is 0.0518 e. The van der Waals surface area contributed by atoms with Crippen LogP contribution in [0.1, 0.15) is 53.4 Å². The Labute approximate surface area is 106 Å². The Morgan fingerprint density at radius 2 is 1.88 bits per heavy atom. The second kappa shape index (κ2) is 6.86. The monoisotopic (exact) mass is 246 g/mol. The summed E-state index contributed by atoms with van der Waals surface area (Å²) in [5, 5.41) is 0.380. The summed E-state index contributed by atoms with van der Waals surface area (Å²) in [4.78, 5) is 0. The Morgan fingerprint density at radius 1 is 1.19 bits per heavy atom. The van der Waals surface area contributed by atoms with E-state index in [1.54, 1.807) is 0 Å². The van der Waals surface area contributed by atoms with E-state index >= 15 is 0 Å². The topological polar surface area (TPSA) is 9.23 Å². The lowest BCUT2D eigenvalue weighted by molar-refractivity contribution is 0.0603. The summed E-state index contributed by atoms with van der Waals surface area (Å²) in [6.07, 6.45) is 5.28. The fourth-order valence-corrected chi connectivity index (χ4v) is 2.98. The van der Waals surface area contributed by atoms with Crippen LogP contribution in [0.4, 0.5) is 0 Å². The average Bonchev–Trinajstić information content (AvgIpc) is 2.20. The van der Waals surface area contributed by atoms with E-state index in [9.17, 15) is 0 Å². The van der Waals surface area contributed by atoms with Crippen LogP contribution in [0.15, 0.2) is 0 Å². The van der Waals surface area contributed by atoms with Crippen molar-refractivity contribution >= 4 is 11.6 Å². The van der Waals surface area contributed by atoms with E-state index in [2.05, 4.69) is 27.7 Å². The average molecular weight is 247 g/mol. The fraction of sp³-hybridized carbons (Fsp3) is 1.00. The number of halogens is 1. The van der Waals surface area contributed by atoms with E-state index in [1.807, 2.05) is 0 Å². The molecule has 0 N–H and O–H groups in total. The van der Waals surface area contributed by atoms with Crippen LogP contribution in [0.2, 0.25) is 0 Å². The zero-order chi connectivity index (χ0) is 12.1. The number of ether oxygens (including phenoxy) is 1. The molecule has 0 spiro atoms. The molecule has 2 heteroatoms. The van der Waals surface area contributed by atoms with Crippen molar-refractivity contribution in [2.75, 3.05) is 6.61 Å². The van der Waals surface area contributed by atoms with Crippen LogP contribution in [-0.4, -0.2) is 18.1 Å². The molecule has 0 radical (unpaired) electrons.